The van der Waals surface area contributed by atoms with E-state index in [1.54, 1.807) is 43.3 Å². The minimum absolute atomic E-state index is 0. The molecule has 0 aliphatic heterocycles. The summed E-state index contributed by atoms with van der Waals surface area (Å²) in [6.45, 7) is 3.08. The first-order valence-corrected chi connectivity index (χ1v) is 6.65. The molecule has 2 rings (SSSR count). The summed E-state index contributed by atoms with van der Waals surface area (Å²) in [5.74, 6) is -0.543. The molecule has 0 fully saturated rings. The number of anilines is 1. The summed E-state index contributed by atoms with van der Waals surface area (Å²) in [7, 11) is 0. The molecule has 0 saturated heterocycles. The van der Waals surface area contributed by atoms with Crippen LogP contribution < -0.4 is 10.5 Å². The molecule has 0 amide bonds. The minimum atomic E-state index is -0.489. The molecule has 0 bridgehead atoms. The second-order valence-electron chi connectivity index (χ2n) is 4.65. The van der Waals surface area contributed by atoms with Crippen molar-refractivity contribution in [3.8, 4) is 5.75 Å². The largest absolute Gasteiger partial charge is 0.424 e. The molecule has 0 atom stereocenters. The third kappa shape index (κ3) is 4.34. The Morgan fingerprint density at radius 1 is 1.14 bits per heavy atom. The molecule has 0 aromatic heterocycles. The molecule has 0 heterocycles. The van der Waals surface area contributed by atoms with Crippen LogP contribution in [0, 0.1) is 6.92 Å². The minimum Gasteiger partial charge on any atom is -0.424 e. The topological polar surface area (TPSA) is 69.4 Å². The number of ketones is 1. The van der Waals surface area contributed by atoms with Crippen LogP contribution in [-0.4, -0.2) is 41.3 Å². The Labute approximate surface area is 155 Å². The number of halogens is 1. The molecule has 2 aromatic rings. The van der Waals surface area contributed by atoms with E-state index >= 15 is 0 Å². The number of nitrogen functional groups attached to an aromatic ring is 1. The second kappa shape index (κ2) is 7.79. The van der Waals surface area contributed by atoms with E-state index in [0.29, 0.717) is 16.1 Å². The van der Waals surface area contributed by atoms with Gasteiger partial charge in [0.1, 0.15) is 0 Å². The maximum Gasteiger partial charge on any atom is 0.308 e. The van der Waals surface area contributed by atoms with Crippen LogP contribution in [0.25, 0.3) is 0 Å². The third-order valence-electron chi connectivity index (χ3n) is 2.89. The van der Waals surface area contributed by atoms with E-state index in [0.717, 1.165) is 5.56 Å². The zero-order valence-electron chi connectivity index (χ0n) is 12.6. The summed E-state index contributed by atoms with van der Waals surface area (Å²) in [6, 6.07) is 9.80. The maximum absolute atomic E-state index is 12.5. The van der Waals surface area contributed by atoms with Gasteiger partial charge in [0.25, 0.3) is 0 Å². The molecular formula is C16H14ClNNaO3. The van der Waals surface area contributed by atoms with E-state index in [-0.39, 0.29) is 46.8 Å². The summed E-state index contributed by atoms with van der Waals surface area (Å²) < 4.78 is 5.03. The van der Waals surface area contributed by atoms with Crippen LogP contribution in [-0.2, 0) is 4.79 Å². The van der Waals surface area contributed by atoms with E-state index in [1.165, 1.54) is 6.92 Å². The van der Waals surface area contributed by atoms with Crippen molar-refractivity contribution in [1.82, 2.24) is 0 Å². The molecule has 0 unspecified atom stereocenters. The Morgan fingerprint density at radius 3 is 2.27 bits per heavy atom. The van der Waals surface area contributed by atoms with Gasteiger partial charge in [-0.2, -0.15) is 0 Å². The number of aryl methyl sites for hydroxylation is 1. The average molecular weight is 327 g/mol. The molecule has 0 aliphatic carbocycles. The molecule has 0 spiro atoms. The fourth-order valence-electron chi connectivity index (χ4n) is 1.95. The SMILES string of the molecule is CC(=O)Oc1cc(C)cc(C(=O)c2ccc(Cl)cc2)c1N.[Na]. The quantitative estimate of drug-likeness (QED) is 0.309. The van der Waals surface area contributed by atoms with Gasteiger partial charge in [0.05, 0.1) is 5.69 Å². The van der Waals surface area contributed by atoms with Crippen LogP contribution in [0.1, 0.15) is 28.4 Å². The van der Waals surface area contributed by atoms with E-state index in [2.05, 4.69) is 0 Å². The van der Waals surface area contributed by atoms with Crippen LogP contribution in [0.15, 0.2) is 36.4 Å². The number of carbonyl (C=O) groups excluding carboxylic acids is 2. The summed E-state index contributed by atoms with van der Waals surface area (Å²) in [5, 5.41) is 0.546. The van der Waals surface area contributed by atoms with E-state index in [9.17, 15) is 9.59 Å². The first-order valence-electron chi connectivity index (χ1n) is 6.27. The molecule has 6 heteroatoms. The number of nitrogens with two attached hydrogens (primary N) is 1. The molecule has 2 aromatic carbocycles. The van der Waals surface area contributed by atoms with Crippen molar-refractivity contribution in [3.05, 3.63) is 58.1 Å². The van der Waals surface area contributed by atoms with Crippen molar-refractivity contribution >= 4 is 58.6 Å². The van der Waals surface area contributed by atoms with E-state index < -0.39 is 5.97 Å². The number of ether oxygens (including phenoxy) is 1. The van der Waals surface area contributed by atoms with Gasteiger partial charge in [-0.1, -0.05) is 11.6 Å². The fourth-order valence-corrected chi connectivity index (χ4v) is 2.07. The molecule has 2 N–H and O–H groups in total. The van der Waals surface area contributed by atoms with Crippen LogP contribution in [0.2, 0.25) is 5.02 Å². The summed E-state index contributed by atoms with van der Waals surface area (Å²) in [6.07, 6.45) is 0. The Morgan fingerprint density at radius 2 is 1.73 bits per heavy atom. The molecule has 0 saturated carbocycles. The van der Waals surface area contributed by atoms with Crippen molar-refractivity contribution < 1.29 is 14.3 Å². The third-order valence-corrected chi connectivity index (χ3v) is 3.14. The summed E-state index contributed by atoms with van der Waals surface area (Å²) in [5.41, 5.74) is 7.63. The normalized spacial score (nSPS) is 9.77. The molecule has 0 aliphatic rings. The Hall–Kier alpha value is -1.33. The average Bonchev–Trinajstić information content (AvgIpc) is 2.42. The van der Waals surface area contributed by atoms with Gasteiger partial charge in [0.15, 0.2) is 11.5 Å². The molecule has 109 valence electrons. The summed E-state index contributed by atoms with van der Waals surface area (Å²) in [4.78, 5) is 23.6. The zero-order chi connectivity index (χ0) is 15.6. The van der Waals surface area contributed by atoms with Crippen molar-refractivity contribution in [1.29, 1.82) is 0 Å². The Bertz CT molecular complexity index is 714. The van der Waals surface area contributed by atoms with Crippen LogP contribution in [0.3, 0.4) is 0 Å². The Balaban J connectivity index is 0.00000242. The number of hydrogen-bond donors (Lipinski definition) is 1. The first kappa shape index (κ1) is 18.7. The van der Waals surface area contributed by atoms with Crippen molar-refractivity contribution in [2.75, 3.05) is 5.73 Å². The van der Waals surface area contributed by atoms with Gasteiger partial charge >= 0.3 is 5.97 Å². The first-order chi connectivity index (χ1) is 9.88. The van der Waals surface area contributed by atoms with Gasteiger partial charge in [0, 0.05) is 52.6 Å². The molecular weight excluding hydrogens is 313 g/mol. The van der Waals surface area contributed by atoms with E-state index in [1.807, 2.05) is 0 Å². The van der Waals surface area contributed by atoms with Gasteiger partial charge in [-0.3, -0.25) is 9.59 Å². The van der Waals surface area contributed by atoms with Gasteiger partial charge in [0.2, 0.25) is 0 Å². The van der Waals surface area contributed by atoms with Crippen LogP contribution in [0.4, 0.5) is 5.69 Å². The zero-order valence-corrected chi connectivity index (χ0v) is 15.4. The number of benzene rings is 2. The van der Waals surface area contributed by atoms with E-state index in [4.69, 9.17) is 22.1 Å². The van der Waals surface area contributed by atoms with Crippen molar-refractivity contribution in [2.45, 2.75) is 13.8 Å². The smallest absolute Gasteiger partial charge is 0.308 e. The maximum atomic E-state index is 12.5. The summed E-state index contributed by atoms with van der Waals surface area (Å²) >= 11 is 5.81. The van der Waals surface area contributed by atoms with Crippen LogP contribution in [0.5, 0.6) is 5.75 Å². The predicted octanol–water partition coefficient (Wildman–Crippen LogP) is 3.01. The molecule has 1 radical (unpaired) electrons. The predicted molar refractivity (Wildman–Crippen MR) is 87.5 cm³/mol. The van der Waals surface area contributed by atoms with Crippen LogP contribution >= 0.6 is 11.6 Å². The number of carbonyl (C=O) groups is 2. The number of hydrogen-bond acceptors (Lipinski definition) is 4. The fraction of sp³-hybridized carbons (Fsp3) is 0.125. The Kier molecular flexibility index (Phi) is 6.63. The molecule has 4 nitrogen and oxygen atoms in total. The van der Waals surface area contributed by atoms with Gasteiger partial charge in [-0.25, -0.2) is 0 Å². The van der Waals surface area contributed by atoms with Gasteiger partial charge < -0.3 is 10.5 Å². The monoisotopic (exact) mass is 326 g/mol. The standard InChI is InChI=1S/C16H14ClNO3.Na/c1-9-7-13(15(18)14(8-9)21-10(2)19)16(20)11-3-5-12(17)6-4-11;/h3-8H,18H2,1-2H3;. The van der Waals surface area contributed by atoms with Crippen molar-refractivity contribution in [2.24, 2.45) is 0 Å². The second-order valence-corrected chi connectivity index (χ2v) is 5.09. The number of esters is 1. The van der Waals surface area contributed by atoms with Crippen molar-refractivity contribution in [3.63, 3.8) is 0 Å². The van der Waals surface area contributed by atoms with Gasteiger partial charge in [-0.15, -0.1) is 0 Å². The molecule has 22 heavy (non-hydrogen) atoms. The number of rotatable bonds is 3. The van der Waals surface area contributed by atoms with Gasteiger partial charge in [-0.05, 0) is 48.9 Å².